The molecule has 0 spiro atoms. The van der Waals surface area contributed by atoms with Crippen molar-refractivity contribution >= 4 is 12.0 Å². The van der Waals surface area contributed by atoms with Gasteiger partial charge in [0.05, 0.1) is 6.04 Å². The van der Waals surface area contributed by atoms with Crippen LogP contribution < -0.4 is 5.32 Å². The molecule has 0 bridgehead atoms. The minimum atomic E-state index is -0.117. The van der Waals surface area contributed by atoms with Gasteiger partial charge < -0.3 is 5.32 Å². The van der Waals surface area contributed by atoms with E-state index in [9.17, 15) is 4.79 Å². The first-order valence-electron chi connectivity index (χ1n) is 8.29. The number of aromatic nitrogens is 1. The van der Waals surface area contributed by atoms with Gasteiger partial charge in [0.1, 0.15) is 0 Å². The van der Waals surface area contributed by atoms with Crippen molar-refractivity contribution in [3.8, 4) is 0 Å². The van der Waals surface area contributed by atoms with Crippen LogP contribution in [0.25, 0.3) is 6.08 Å². The Hall–Kier alpha value is -3.20. The number of carbonyl (C=O) groups is 1. The predicted molar refractivity (Wildman–Crippen MR) is 101 cm³/mol. The quantitative estimate of drug-likeness (QED) is 0.689. The summed E-state index contributed by atoms with van der Waals surface area (Å²) in [4.78, 5) is 16.4. The van der Waals surface area contributed by atoms with Crippen LogP contribution in [0, 0.1) is 0 Å². The third-order valence-electron chi connectivity index (χ3n) is 3.91. The molecule has 2 aromatic carbocycles. The Labute approximate surface area is 148 Å². The second-order valence-corrected chi connectivity index (χ2v) is 5.78. The zero-order valence-electron chi connectivity index (χ0n) is 13.9. The predicted octanol–water partition coefficient (Wildman–Crippen LogP) is 4.20. The van der Waals surface area contributed by atoms with Gasteiger partial charge in [0.2, 0.25) is 5.91 Å². The topological polar surface area (TPSA) is 42.0 Å². The van der Waals surface area contributed by atoms with Crippen molar-refractivity contribution in [2.75, 3.05) is 0 Å². The van der Waals surface area contributed by atoms with E-state index >= 15 is 0 Å². The number of nitrogens with zero attached hydrogens (tertiary/aromatic N) is 1. The number of hydrogen-bond acceptors (Lipinski definition) is 2. The molecule has 124 valence electrons. The number of amides is 1. The van der Waals surface area contributed by atoms with Gasteiger partial charge in [-0.15, -0.1) is 0 Å². The molecule has 1 aromatic heterocycles. The van der Waals surface area contributed by atoms with Crippen molar-refractivity contribution < 1.29 is 4.79 Å². The molecule has 3 aromatic rings. The second-order valence-electron chi connectivity index (χ2n) is 5.78. The lowest BCUT2D eigenvalue weighted by molar-refractivity contribution is -0.117. The van der Waals surface area contributed by atoms with E-state index < -0.39 is 0 Å². The summed E-state index contributed by atoms with van der Waals surface area (Å²) in [6.07, 6.45) is 7.51. The van der Waals surface area contributed by atoms with Gasteiger partial charge in [-0.3, -0.25) is 9.78 Å². The zero-order valence-corrected chi connectivity index (χ0v) is 13.9. The van der Waals surface area contributed by atoms with E-state index in [2.05, 4.69) is 22.4 Å². The molecule has 0 radical (unpaired) electrons. The molecule has 3 nitrogen and oxygen atoms in total. The molecule has 1 atom stereocenters. The van der Waals surface area contributed by atoms with Crippen molar-refractivity contribution in [2.24, 2.45) is 0 Å². The fourth-order valence-electron chi connectivity index (χ4n) is 2.65. The summed E-state index contributed by atoms with van der Waals surface area (Å²) < 4.78 is 0. The molecule has 1 N–H and O–H groups in total. The van der Waals surface area contributed by atoms with E-state index in [0.717, 1.165) is 17.5 Å². The first-order valence-corrected chi connectivity index (χ1v) is 8.29. The maximum Gasteiger partial charge on any atom is 0.244 e. The Bertz CT molecular complexity index is 814. The highest BCUT2D eigenvalue weighted by Crippen LogP contribution is 2.18. The maximum atomic E-state index is 12.4. The summed E-state index contributed by atoms with van der Waals surface area (Å²) >= 11 is 0. The summed E-state index contributed by atoms with van der Waals surface area (Å²) in [7, 11) is 0. The molecular weight excluding hydrogens is 308 g/mol. The van der Waals surface area contributed by atoms with Crippen LogP contribution >= 0.6 is 0 Å². The summed E-state index contributed by atoms with van der Waals surface area (Å²) in [5.74, 6) is -0.117. The number of nitrogens with one attached hydrogen (secondary N) is 1. The molecule has 0 saturated carbocycles. The SMILES string of the molecule is O=C(/C=C/c1cccnc1)NC(Cc1ccccc1)c1ccccc1. The number of benzene rings is 2. The monoisotopic (exact) mass is 328 g/mol. The molecule has 3 rings (SSSR count). The molecule has 0 aliphatic heterocycles. The standard InChI is InChI=1S/C22H20N2O/c25-22(14-13-19-10-7-15-23-17-19)24-21(20-11-5-2-6-12-20)16-18-8-3-1-4-9-18/h1-15,17,21H,16H2,(H,24,25)/b14-13+. The fraction of sp³-hybridized carbons (Fsp3) is 0.0909. The Balaban J connectivity index is 1.73. The molecule has 1 unspecified atom stereocenters. The average molecular weight is 328 g/mol. The van der Waals surface area contributed by atoms with Crippen molar-refractivity contribution in [3.05, 3.63) is 108 Å². The van der Waals surface area contributed by atoms with Gasteiger partial charge in [-0.25, -0.2) is 0 Å². The summed E-state index contributed by atoms with van der Waals surface area (Å²) in [5.41, 5.74) is 3.18. The normalized spacial score (nSPS) is 12.0. The highest BCUT2D eigenvalue weighted by molar-refractivity contribution is 5.91. The largest absolute Gasteiger partial charge is 0.345 e. The highest BCUT2D eigenvalue weighted by atomic mass is 16.1. The molecule has 0 fully saturated rings. The third kappa shape index (κ3) is 5.15. The number of hydrogen-bond donors (Lipinski definition) is 1. The van der Waals surface area contributed by atoms with Crippen molar-refractivity contribution in [1.29, 1.82) is 0 Å². The van der Waals surface area contributed by atoms with E-state index in [-0.39, 0.29) is 11.9 Å². The number of pyridine rings is 1. The van der Waals surface area contributed by atoms with Gasteiger partial charge in [-0.2, -0.15) is 0 Å². The number of carbonyl (C=O) groups excluding carboxylic acids is 1. The van der Waals surface area contributed by atoms with Crippen LogP contribution in [0.2, 0.25) is 0 Å². The van der Waals surface area contributed by atoms with Gasteiger partial charge in [0, 0.05) is 18.5 Å². The molecule has 3 heteroatoms. The lowest BCUT2D eigenvalue weighted by Gasteiger charge is -2.18. The van der Waals surface area contributed by atoms with Gasteiger partial charge in [0.15, 0.2) is 0 Å². The van der Waals surface area contributed by atoms with Crippen LogP contribution in [-0.2, 0) is 11.2 Å². The first kappa shape index (κ1) is 16.7. The maximum absolute atomic E-state index is 12.4. The minimum absolute atomic E-state index is 0.0744. The van der Waals surface area contributed by atoms with Crippen LogP contribution in [0.15, 0.2) is 91.3 Å². The van der Waals surface area contributed by atoms with Crippen LogP contribution in [0.3, 0.4) is 0 Å². The lowest BCUT2D eigenvalue weighted by atomic mass is 9.99. The number of rotatable bonds is 6. The second kappa shape index (κ2) is 8.60. The summed E-state index contributed by atoms with van der Waals surface area (Å²) in [6, 6.07) is 23.9. The highest BCUT2D eigenvalue weighted by Gasteiger charge is 2.13. The van der Waals surface area contributed by atoms with Crippen molar-refractivity contribution in [3.63, 3.8) is 0 Å². The molecule has 1 heterocycles. The molecule has 1 amide bonds. The van der Waals surface area contributed by atoms with E-state index in [1.807, 2.05) is 60.7 Å². The molecular formula is C22H20N2O. The van der Waals surface area contributed by atoms with Gasteiger partial charge in [0.25, 0.3) is 0 Å². The van der Waals surface area contributed by atoms with Crippen LogP contribution in [-0.4, -0.2) is 10.9 Å². The summed E-state index contributed by atoms with van der Waals surface area (Å²) in [6.45, 7) is 0. The van der Waals surface area contributed by atoms with Gasteiger partial charge in [-0.1, -0.05) is 66.7 Å². The lowest BCUT2D eigenvalue weighted by Crippen LogP contribution is -2.28. The molecule has 25 heavy (non-hydrogen) atoms. The fourth-order valence-corrected chi connectivity index (χ4v) is 2.65. The Morgan fingerprint density at radius 1 is 0.960 bits per heavy atom. The van der Waals surface area contributed by atoms with Crippen molar-refractivity contribution in [2.45, 2.75) is 12.5 Å². The van der Waals surface area contributed by atoms with E-state index in [1.54, 1.807) is 24.5 Å². The Morgan fingerprint density at radius 2 is 1.68 bits per heavy atom. The van der Waals surface area contributed by atoms with Crippen LogP contribution in [0.1, 0.15) is 22.7 Å². The van der Waals surface area contributed by atoms with E-state index in [4.69, 9.17) is 0 Å². The minimum Gasteiger partial charge on any atom is -0.345 e. The van der Waals surface area contributed by atoms with Crippen molar-refractivity contribution in [1.82, 2.24) is 10.3 Å². The Morgan fingerprint density at radius 3 is 2.36 bits per heavy atom. The average Bonchev–Trinajstić information content (AvgIpc) is 2.68. The first-order chi connectivity index (χ1) is 12.3. The van der Waals surface area contributed by atoms with Gasteiger partial charge in [-0.05, 0) is 35.3 Å². The van der Waals surface area contributed by atoms with E-state index in [0.29, 0.717) is 0 Å². The molecule has 0 aliphatic rings. The molecule has 0 aliphatic carbocycles. The summed E-state index contributed by atoms with van der Waals surface area (Å²) in [5, 5.41) is 3.11. The molecule has 0 saturated heterocycles. The van der Waals surface area contributed by atoms with E-state index in [1.165, 1.54) is 5.56 Å². The van der Waals surface area contributed by atoms with Crippen LogP contribution in [0.4, 0.5) is 0 Å². The Kier molecular flexibility index (Phi) is 5.73. The zero-order chi connectivity index (χ0) is 17.3. The third-order valence-corrected chi connectivity index (χ3v) is 3.91. The smallest absolute Gasteiger partial charge is 0.244 e. The van der Waals surface area contributed by atoms with Gasteiger partial charge >= 0.3 is 0 Å². The van der Waals surface area contributed by atoms with Crippen LogP contribution in [0.5, 0.6) is 0 Å².